The van der Waals surface area contributed by atoms with Gasteiger partial charge >= 0.3 is 0 Å². The molecule has 0 heterocycles. The van der Waals surface area contributed by atoms with Crippen LogP contribution in [-0.2, 0) is 32.7 Å². The zero-order valence-electron chi connectivity index (χ0n) is 3.99. The van der Waals surface area contributed by atoms with Gasteiger partial charge in [0.25, 0.3) is 0 Å². The minimum atomic E-state index is 0. The van der Waals surface area contributed by atoms with Gasteiger partial charge in [-0.1, -0.05) is 51.5 Å². The average molecular weight is 243 g/mol. The molecule has 0 N–H and O–H groups in total. The smallest absolute Gasteiger partial charge is 0 e. The van der Waals surface area contributed by atoms with E-state index in [0.29, 0.717) is 0 Å². The minimum Gasteiger partial charge on any atom is -0.358 e. The van der Waals surface area contributed by atoms with E-state index in [-0.39, 0.29) is 84.7 Å². The number of hydrogen-bond acceptors (Lipinski definition) is 0. The third-order valence-electron chi connectivity index (χ3n) is 0. The Balaban J connectivity index is -0.000000000714. The Labute approximate surface area is 104 Å². The van der Waals surface area contributed by atoms with Gasteiger partial charge in [0.1, 0.15) is 0 Å². The fourth-order valence-electron chi connectivity index (χ4n) is 0. The van der Waals surface area contributed by atoms with Crippen LogP contribution in [0, 0.1) is 14.4 Å². The Morgan fingerprint density at radius 3 is 0.818 bits per heavy atom. The van der Waals surface area contributed by atoms with E-state index < -0.39 is 0 Å². The molecule has 0 rings (SSSR count). The molecule has 0 saturated carbocycles. The fourth-order valence-corrected chi connectivity index (χ4v) is 0. The average Bonchev–Trinajstić information content (AvgIpc) is 0.918. The van der Waals surface area contributed by atoms with Gasteiger partial charge in [-0.3, -0.25) is 0 Å². The van der Waals surface area contributed by atoms with Gasteiger partial charge in [0.2, 0.25) is 0 Å². The molecule has 0 aromatic heterocycles. The fraction of sp³-hybridized carbons (Fsp3) is 0.800. The van der Waals surface area contributed by atoms with Gasteiger partial charge in [0, 0.05) is 32.7 Å². The van der Waals surface area contributed by atoms with Gasteiger partial charge in [-0.15, -0.1) is 0 Å². The van der Waals surface area contributed by atoms with Crippen LogP contribution >= 0.6 is 0 Å². The van der Waals surface area contributed by atoms with Gasteiger partial charge in [0.05, 0.1) is 0 Å². The van der Waals surface area contributed by atoms with Crippen molar-refractivity contribution in [2.75, 3.05) is 0 Å². The molecule has 0 aliphatic rings. The molecule has 0 atom stereocenters. The summed E-state index contributed by atoms with van der Waals surface area (Å²) in [5, 5.41) is 0. The summed E-state index contributed by atoms with van der Waals surface area (Å²) < 4.78 is 0. The van der Waals surface area contributed by atoms with Crippen molar-refractivity contribution < 1.29 is 32.7 Å². The quantitative estimate of drug-likeness (QED) is 0.493. The summed E-state index contributed by atoms with van der Waals surface area (Å²) in [6, 6.07) is 0. The van der Waals surface area contributed by atoms with E-state index in [4.69, 9.17) is 0 Å². The molecule has 79 valence electrons. The molecule has 0 amide bonds. The minimum absolute atomic E-state index is 0. The summed E-state index contributed by atoms with van der Waals surface area (Å²) in [5.74, 6) is 0. The summed E-state index contributed by atoms with van der Waals surface area (Å²) >= 11 is 0. The molecule has 0 saturated heterocycles. The second kappa shape index (κ2) is 256. The van der Waals surface area contributed by atoms with Crippen LogP contribution in [0.1, 0.15) is 57.9 Å². The molecule has 0 fully saturated rings. The van der Waals surface area contributed by atoms with Gasteiger partial charge < -0.3 is 14.4 Å². The van der Waals surface area contributed by atoms with Gasteiger partial charge in [-0.25, -0.2) is 0 Å². The van der Waals surface area contributed by atoms with Crippen LogP contribution in [0.25, 0.3) is 0 Å². The summed E-state index contributed by atoms with van der Waals surface area (Å²) in [6.07, 6.45) is 1.00. The molecular weight excluding hydrogens is 209 g/mol. The van der Waals surface area contributed by atoms with Crippen LogP contribution in [0.15, 0.2) is 0 Å². The molecule has 0 aliphatic heterocycles. The maximum Gasteiger partial charge on any atom is 0 e. The second-order valence-electron chi connectivity index (χ2n) is 0.500. The van der Waals surface area contributed by atoms with Crippen LogP contribution in [0.3, 0.4) is 0 Å². The first kappa shape index (κ1) is 155. The van der Waals surface area contributed by atoms with E-state index >= 15 is 0 Å². The first-order valence-corrected chi connectivity index (χ1v) is 1.21. The van der Waals surface area contributed by atoms with E-state index in [0.717, 1.165) is 6.42 Å². The van der Waals surface area contributed by atoms with Gasteiger partial charge in [-0.05, 0) is 0 Å². The molecule has 0 aromatic rings. The topological polar surface area (TPSA) is 0 Å². The summed E-state index contributed by atoms with van der Waals surface area (Å²) in [4.78, 5) is 0. The van der Waals surface area contributed by atoms with Gasteiger partial charge in [-0.2, -0.15) is 6.42 Å². The SMILES string of the molecule is C.C.C.C.C.C.[CH2-]CC.[CH3-].[Y]. The largest absolute Gasteiger partial charge is 0.358 e. The molecule has 0 aromatic carbocycles. The molecule has 1 radical (unpaired) electrons. The Kier molecular flexibility index (Phi) is 3610. The number of rotatable bonds is 0. The van der Waals surface area contributed by atoms with Crippen molar-refractivity contribution >= 4 is 0 Å². The van der Waals surface area contributed by atoms with Gasteiger partial charge in [0.15, 0.2) is 0 Å². The molecule has 0 nitrogen and oxygen atoms in total. The normalized spacial score (nSPS) is 1.64. The van der Waals surface area contributed by atoms with Crippen molar-refractivity contribution in [3.05, 3.63) is 14.4 Å². The monoisotopic (exact) mass is 243 g/mol. The Morgan fingerprint density at radius 1 is 0.818 bits per heavy atom. The van der Waals surface area contributed by atoms with Crippen molar-refractivity contribution in [1.29, 1.82) is 0 Å². The summed E-state index contributed by atoms with van der Waals surface area (Å²) in [6.45, 7) is 5.50. The van der Waals surface area contributed by atoms with Crippen LogP contribution in [-0.4, -0.2) is 0 Å². The third kappa shape index (κ3) is 755. The maximum absolute atomic E-state index is 3.49. The Hall–Kier alpha value is 1.10. The first-order valence-electron chi connectivity index (χ1n) is 1.21. The molecule has 11 heavy (non-hydrogen) atoms. The zero-order valence-corrected chi connectivity index (χ0v) is 6.83. The molecule has 0 unspecified atom stereocenters. The molecule has 0 bridgehead atoms. The predicted octanol–water partition coefficient (Wildman–Crippen LogP) is 5.49. The van der Waals surface area contributed by atoms with Crippen LogP contribution in [0.4, 0.5) is 0 Å². The molecule has 0 spiro atoms. The van der Waals surface area contributed by atoms with E-state index in [1.807, 2.05) is 6.92 Å². The molecule has 0 aliphatic carbocycles. The number of hydrogen-bond donors (Lipinski definition) is 0. The van der Waals surface area contributed by atoms with Crippen molar-refractivity contribution in [2.24, 2.45) is 0 Å². The third-order valence-corrected chi connectivity index (χ3v) is 0. The zero-order chi connectivity index (χ0) is 2.71. The van der Waals surface area contributed by atoms with Crippen molar-refractivity contribution in [1.82, 2.24) is 0 Å². The van der Waals surface area contributed by atoms with Crippen molar-refractivity contribution in [3.8, 4) is 0 Å². The van der Waals surface area contributed by atoms with Crippen LogP contribution < -0.4 is 0 Å². The Bertz CT molecular complexity index is 4.83. The van der Waals surface area contributed by atoms with Crippen LogP contribution in [0.2, 0.25) is 0 Å². The van der Waals surface area contributed by atoms with E-state index in [1.165, 1.54) is 0 Å². The maximum atomic E-state index is 3.49. The molecular formula is C10H34Y-2. The predicted molar refractivity (Wildman–Crippen MR) is 62.4 cm³/mol. The standard InChI is InChI=1S/C3H7.6CH4.CH3.Y/c1-3-2;;;;;;;;/h1,3H2,2H3;6*1H4;1H3;/q-1;;;;;;;-1;. The summed E-state index contributed by atoms with van der Waals surface area (Å²) in [5.41, 5.74) is 0. The van der Waals surface area contributed by atoms with E-state index in [1.54, 1.807) is 0 Å². The van der Waals surface area contributed by atoms with E-state index in [2.05, 4.69) is 6.92 Å². The summed E-state index contributed by atoms with van der Waals surface area (Å²) in [7, 11) is 0. The molecule has 1 heteroatoms. The van der Waals surface area contributed by atoms with Crippen molar-refractivity contribution in [3.63, 3.8) is 0 Å². The second-order valence-corrected chi connectivity index (χ2v) is 0.500. The van der Waals surface area contributed by atoms with Crippen molar-refractivity contribution in [2.45, 2.75) is 57.9 Å². The first-order chi connectivity index (χ1) is 1.41. The Morgan fingerprint density at radius 2 is 0.818 bits per heavy atom. The van der Waals surface area contributed by atoms with E-state index in [9.17, 15) is 0 Å². The van der Waals surface area contributed by atoms with Crippen LogP contribution in [0.5, 0.6) is 0 Å².